The Bertz CT molecular complexity index is 1030. The van der Waals surface area contributed by atoms with E-state index in [-0.39, 0.29) is 18.3 Å². The number of rotatable bonds is 4. The second-order valence-corrected chi connectivity index (χ2v) is 6.35. The largest absolute Gasteiger partial charge is 0.469 e. The number of hydrogen-bond acceptors (Lipinski definition) is 2. The van der Waals surface area contributed by atoms with Crippen molar-refractivity contribution in [1.29, 1.82) is 0 Å². The number of benzene rings is 2. The molecule has 0 aliphatic carbocycles. The van der Waals surface area contributed by atoms with Crippen molar-refractivity contribution in [3.63, 3.8) is 0 Å². The molecule has 2 aromatic heterocycles. The summed E-state index contributed by atoms with van der Waals surface area (Å²) in [7, 11) is 1.43. The summed E-state index contributed by atoms with van der Waals surface area (Å²) in [6, 6.07) is 18.5. The Morgan fingerprint density at radius 2 is 1.76 bits per heavy atom. The fraction of sp³-hybridized carbons (Fsp3) is 0.190. The van der Waals surface area contributed by atoms with Crippen LogP contribution in [0.25, 0.3) is 21.8 Å². The molecule has 126 valence electrons. The van der Waals surface area contributed by atoms with E-state index in [0.717, 1.165) is 33.4 Å². The van der Waals surface area contributed by atoms with Crippen molar-refractivity contribution in [1.82, 2.24) is 9.97 Å². The first-order chi connectivity index (χ1) is 12.2. The molecule has 2 heterocycles. The lowest BCUT2D eigenvalue weighted by atomic mass is 9.97. The van der Waals surface area contributed by atoms with E-state index in [4.69, 9.17) is 4.74 Å². The maximum atomic E-state index is 11.9. The summed E-state index contributed by atoms with van der Waals surface area (Å²) in [5.74, 6) is -0.116. The van der Waals surface area contributed by atoms with Crippen molar-refractivity contribution in [3.8, 4) is 0 Å². The second kappa shape index (κ2) is 6.13. The Hall–Kier alpha value is -3.01. The van der Waals surface area contributed by atoms with Crippen LogP contribution in [0.2, 0.25) is 0 Å². The molecule has 1 unspecified atom stereocenters. The molecular formula is C21H20N2O2. The average Bonchev–Trinajstić information content (AvgIpc) is 3.23. The number of methoxy groups -OCH3 is 1. The van der Waals surface area contributed by atoms with Gasteiger partial charge in [0.25, 0.3) is 0 Å². The number of esters is 1. The zero-order valence-corrected chi connectivity index (χ0v) is 14.3. The molecule has 0 fully saturated rings. The zero-order chi connectivity index (χ0) is 17.4. The van der Waals surface area contributed by atoms with E-state index in [0.29, 0.717) is 0 Å². The molecule has 4 rings (SSSR count). The van der Waals surface area contributed by atoms with Crippen LogP contribution in [0.5, 0.6) is 0 Å². The number of para-hydroxylation sites is 2. The standard InChI is InChI=1S/C21H20N2O2/c1-13(19-11-14-7-3-5-9-17(14)22-19)21-16(12-20(24)25-2)15-8-4-6-10-18(15)23-21/h3-11,13,22-23H,12H2,1-2H3. The molecule has 4 nitrogen and oxygen atoms in total. The molecule has 1 atom stereocenters. The minimum absolute atomic E-state index is 0.111. The SMILES string of the molecule is COC(=O)Cc1c(C(C)c2cc3ccccc3[nH]2)[nH]c2ccccc12. The van der Waals surface area contributed by atoms with Gasteiger partial charge in [-0.2, -0.15) is 0 Å². The van der Waals surface area contributed by atoms with Crippen LogP contribution >= 0.6 is 0 Å². The Balaban J connectivity index is 1.83. The fourth-order valence-electron chi connectivity index (χ4n) is 3.48. The second-order valence-electron chi connectivity index (χ2n) is 6.35. The van der Waals surface area contributed by atoms with Gasteiger partial charge in [0.1, 0.15) is 0 Å². The zero-order valence-electron chi connectivity index (χ0n) is 14.3. The van der Waals surface area contributed by atoms with Crippen molar-refractivity contribution in [3.05, 3.63) is 71.5 Å². The van der Waals surface area contributed by atoms with Gasteiger partial charge in [0, 0.05) is 33.7 Å². The molecule has 4 aromatic rings. The highest BCUT2D eigenvalue weighted by Crippen LogP contribution is 2.33. The highest BCUT2D eigenvalue weighted by Gasteiger charge is 2.21. The van der Waals surface area contributed by atoms with E-state index in [1.54, 1.807) is 0 Å². The van der Waals surface area contributed by atoms with Crippen LogP contribution in [0.15, 0.2) is 54.6 Å². The van der Waals surface area contributed by atoms with Gasteiger partial charge in [-0.05, 0) is 29.1 Å². The summed E-state index contributed by atoms with van der Waals surface area (Å²) < 4.78 is 4.90. The summed E-state index contributed by atoms with van der Waals surface area (Å²) in [5, 5.41) is 2.26. The van der Waals surface area contributed by atoms with Crippen molar-refractivity contribution < 1.29 is 9.53 Å². The normalized spacial score (nSPS) is 12.6. The lowest BCUT2D eigenvalue weighted by molar-refractivity contribution is -0.139. The molecule has 4 heteroatoms. The maximum absolute atomic E-state index is 11.9. The predicted octanol–water partition coefficient (Wildman–Crippen LogP) is 4.52. The summed E-state index contributed by atoms with van der Waals surface area (Å²) in [6.45, 7) is 2.15. The molecule has 0 saturated carbocycles. The Labute approximate surface area is 145 Å². The quantitative estimate of drug-likeness (QED) is 0.540. The Morgan fingerprint density at radius 1 is 1.04 bits per heavy atom. The predicted molar refractivity (Wildman–Crippen MR) is 99.8 cm³/mol. The van der Waals surface area contributed by atoms with Crippen LogP contribution in [0.4, 0.5) is 0 Å². The number of nitrogens with one attached hydrogen (secondary N) is 2. The number of hydrogen-bond donors (Lipinski definition) is 2. The van der Waals surface area contributed by atoms with Gasteiger partial charge in [-0.15, -0.1) is 0 Å². The first-order valence-corrected chi connectivity index (χ1v) is 8.41. The minimum atomic E-state index is -0.227. The first kappa shape index (κ1) is 15.5. The van der Waals surface area contributed by atoms with Crippen LogP contribution in [-0.4, -0.2) is 23.0 Å². The number of carbonyl (C=O) groups excluding carboxylic acids is 1. The number of H-pyrrole nitrogens is 2. The van der Waals surface area contributed by atoms with Gasteiger partial charge in [0.15, 0.2) is 0 Å². The van der Waals surface area contributed by atoms with Crippen LogP contribution in [0.3, 0.4) is 0 Å². The van der Waals surface area contributed by atoms with E-state index in [9.17, 15) is 4.79 Å². The lowest BCUT2D eigenvalue weighted by Crippen LogP contribution is -2.08. The van der Waals surface area contributed by atoms with Crippen molar-refractivity contribution >= 4 is 27.8 Å². The fourth-order valence-corrected chi connectivity index (χ4v) is 3.48. The van der Waals surface area contributed by atoms with Gasteiger partial charge in [0.2, 0.25) is 0 Å². The third-order valence-corrected chi connectivity index (χ3v) is 4.85. The summed E-state index contributed by atoms with van der Waals surface area (Å²) >= 11 is 0. The maximum Gasteiger partial charge on any atom is 0.310 e. The molecule has 0 saturated heterocycles. The van der Waals surface area contributed by atoms with Crippen molar-refractivity contribution in [2.45, 2.75) is 19.3 Å². The van der Waals surface area contributed by atoms with Crippen molar-refractivity contribution in [2.75, 3.05) is 7.11 Å². The van der Waals surface area contributed by atoms with Gasteiger partial charge in [0.05, 0.1) is 13.5 Å². The monoisotopic (exact) mass is 332 g/mol. The summed E-state index contributed by atoms with van der Waals surface area (Å²) in [6.07, 6.45) is 0.264. The van der Waals surface area contributed by atoms with Crippen LogP contribution in [0.1, 0.15) is 29.8 Å². The molecule has 0 amide bonds. The van der Waals surface area contributed by atoms with Crippen LogP contribution < -0.4 is 0 Å². The number of aromatic amines is 2. The van der Waals surface area contributed by atoms with Gasteiger partial charge >= 0.3 is 5.97 Å². The Morgan fingerprint density at radius 3 is 2.52 bits per heavy atom. The van der Waals surface area contributed by atoms with E-state index in [1.807, 2.05) is 36.4 Å². The topological polar surface area (TPSA) is 57.9 Å². The van der Waals surface area contributed by atoms with E-state index in [1.165, 1.54) is 12.5 Å². The molecular weight excluding hydrogens is 312 g/mol. The number of aromatic nitrogens is 2. The first-order valence-electron chi connectivity index (χ1n) is 8.41. The summed E-state index contributed by atoms with van der Waals surface area (Å²) in [4.78, 5) is 18.9. The summed E-state index contributed by atoms with van der Waals surface area (Å²) in [5.41, 5.74) is 5.35. The molecule has 0 bridgehead atoms. The molecule has 2 aromatic carbocycles. The van der Waals surface area contributed by atoms with E-state index < -0.39 is 0 Å². The molecule has 0 spiro atoms. The molecule has 0 aliphatic heterocycles. The highest BCUT2D eigenvalue weighted by molar-refractivity contribution is 5.89. The molecule has 0 aliphatic rings. The molecule has 2 N–H and O–H groups in total. The van der Waals surface area contributed by atoms with Crippen LogP contribution in [0, 0.1) is 0 Å². The highest BCUT2D eigenvalue weighted by atomic mass is 16.5. The third kappa shape index (κ3) is 2.70. The van der Waals surface area contributed by atoms with Gasteiger partial charge in [-0.3, -0.25) is 4.79 Å². The van der Waals surface area contributed by atoms with E-state index in [2.05, 4.69) is 35.1 Å². The van der Waals surface area contributed by atoms with Gasteiger partial charge in [-0.25, -0.2) is 0 Å². The number of ether oxygens (including phenoxy) is 1. The molecule has 0 radical (unpaired) electrons. The van der Waals surface area contributed by atoms with Gasteiger partial charge < -0.3 is 14.7 Å². The third-order valence-electron chi connectivity index (χ3n) is 4.85. The van der Waals surface area contributed by atoms with Crippen LogP contribution in [-0.2, 0) is 16.0 Å². The average molecular weight is 332 g/mol. The number of carbonyl (C=O) groups is 1. The minimum Gasteiger partial charge on any atom is -0.469 e. The van der Waals surface area contributed by atoms with E-state index >= 15 is 0 Å². The van der Waals surface area contributed by atoms with Gasteiger partial charge in [-0.1, -0.05) is 43.3 Å². The Kier molecular flexibility index (Phi) is 3.80. The molecule has 25 heavy (non-hydrogen) atoms. The number of fused-ring (bicyclic) bond motifs is 2. The van der Waals surface area contributed by atoms with Crippen molar-refractivity contribution in [2.24, 2.45) is 0 Å². The lowest BCUT2D eigenvalue weighted by Gasteiger charge is -2.11. The smallest absolute Gasteiger partial charge is 0.310 e.